The molecule has 122 valence electrons. The quantitative estimate of drug-likeness (QED) is 0.520. The Balaban J connectivity index is 2.50. The summed E-state index contributed by atoms with van der Waals surface area (Å²) in [6, 6.07) is 6.97. The fraction of sp³-hybridized carbons (Fsp3) is 0.529. The number of esters is 1. The van der Waals surface area contributed by atoms with Gasteiger partial charge in [0.05, 0.1) is 13.2 Å². The molecule has 0 unspecified atom stereocenters. The maximum absolute atomic E-state index is 12.2. The fourth-order valence-corrected chi connectivity index (χ4v) is 1.93. The summed E-state index contributed by atoms with van der Waals surface area (Å²) in [6.07, 6.45) is 3.33. The van der Waals surface area contributed by atoms with Crippen molar-refractivity contribution < 1.29 is 19.1 Å². The number of amides is 1. The molecular formula is C17H25NO4. The molecule has 0 aliphatic rings. The number of hydrogen-bond acceptors (Lipinski definition) is 4. The van der Waals surface area contributed by atoms with Crippen molar-refractivity contribution in [2.75, 3.05) is 26.8 Å². The van der Waals surface area contributed by atoms with Crippen molar-refractivity contribution >= 4 is 11.9 Å². The Hall–Kier alpha value is -2.04. The standard InChI is InChI=1S/C17H25NO4/c1-4-6-7-12-22-15-10-8-14(9-11-15)17(20)18(3)13-16(19)21-5-2/h8-11H,4-7,12-13H2,1-3H3. The number of unbranched alkanes of at least 4 members (excludes halogenated alkanes) is 2. The predicted octanol–water partition coefficient (Wildman–Crippen LogP) is 2.89. The second kappa shape index (κ2) is 9.82. The molecule has 1 rings (SSSR count). The molecule has 0 spiro atoms. The highest BCUT2D eigenvalue weighted by atomic mass is 16.5. The van der Waals surface area contributed by atoms with Crippen LogP contribution in [-0.2, 0) is 9.53 Å². The Morgan fingerprint density at radius 3 is 2.36 bits per heavy atom. The number of carbonyl (C=O) groups excluding carboxylic acids is 2. The third-order valence-electron chi connectivity index (χ3n) is 3.14. The molecule has 0 saturated carbocycles. The van der Waals surface area contributed by atoms with E-state index in [9.17, 15) is 9.59 Å². The molecule has 0 aliphatic heterocycles. The molecule has 1 aromatic rings. The van der Waals surface area contributed by atoms with E-state index in [-0.39, 0.29) is 12.5 Å². The Morgan fingerprint density at radius 1 is 1.09 bits per heavy atom. The molecule has 0 fully saturated rings. The lowest BCUT2D eigenvalue weighted by Gasteiger charge is -2.16. The second-order valence-electron chi connectivity index (χ2n) is 5.05. The summed E-state index contributed by atoms with van der Waals surface area (Å²) in [5, 5.41) is 0. The zero-order chi connectivity index (χ0) is 16.4. The Bertz CT molecular complexity index is 470. The number of carbonyl (C=O) groups is 2. The summed E-state index contributed by atoms with van der Waals surface area (Å²) < 4.78 is 10.4. The summed E-state index contributed by atoms with van der Waals surface area (Å²) in [7, 11) is 1.58. The molecule has 1 amide bonds. The molecule has 22 heavy (non-hydrogen) atoms. The van der Waals surface area contributed by atoms with Crippen molar-refractivity contribution in [3.8, 4) is 5.75 Å². The molecule has 0 N–H and O–H groups in total. The lowest BCUT2D eigenvalue weighted by molar-refractivity contribution is -0.143. The molecule has 0 aromatic heterocycles. The van der Waals surface area contributed by atoms with Gasteiger partial charge in [0.25, 0.3) is 5.91 Å². The summed E-state index contributed by atoms with van der Waals surface area (Å²) in [5.41, 5.74) is 0.521. The molecule has 1 aromatic carbocycles. The van der Waals surface area contributed by atoms with Crippen LogP contribution in [0.5, 0.6) is 5.75 Å². The van der Waals surface area contributed by atoms with Gasteiger partial charge in [-0.05, 0) is 37.6 Å². The van der Waals surface area contributed by atoms with Crippen LogP contribution in [0.25, 0.3) is 0 Å². The summed E-state index contributed by atoms with van der Waals surface area (Å²) in [4.78, 5) is 24.9. The number of ether oxygens (including phenoxy) is 2. The van der Waals surface area contributed by atoms with E-state index < -0.39 is 5.97 Å². The first-order valence-electron chi connectivity index (χ1n) is 7.72. The average molecular weight is 307 g/mol. The molecule has 0 bridgehead atoms. The van der Waals surface area contributed by atoms with Gasteiger partial charge >= 0.3 is 5.97 Å². The van der Waals surface area contributed by atoms with Gasteiger partial charge in [-0.3, -0.25) is 9.59 Å². The summed E-state index contributed by atoms with van der Waals surface area (Å²) >= 11 is 0. The van der Waals surface area contributed by atoms with Crippen LogP contribution < -0.4 is 4.74 Å². The number of rotatable bonds is 9. The van der Waals surface area contributed by atoms with Gasteiger partial charge in [-0.25, -0.2) is 0 Å². The Morgan fingerprint density at radius 2 is 1.77 bits per heavy atom. The number of nitrogens with zero attached hydrogens (tertiary/aromatic N) is 1. The maximum atomic E-state index is 12.2. The molecule has 0 heterocycles. The van der Waals surface area contributed by atoms with Gasteiger partial charge < -0.3 is 14.4 Å². The van der Waals surface area contributed by atoms with Crippen LogP contribution in [0, 0.1) is 0 Å². The smallest absolute Gasteiger partial charge is 0.325 e. The van der Waals surface area contributed by atoms with Gasteiger partial charge in [-0.15, -0.1) is 0 Å². The second-order valence-corrected chi connectivity index (χ2v) is 5.05. The molecular weight excluding hydrogens is 282 g/mol. The normalized spacial score (nSPS) is 10.1. The minimum Gasteiger partial charge on any atom is -0.494 e. The van der Waals surface area contributed by atoms with Crippen LogP contribution in [0.2, 0.25) is 0 Å². The van der Waals surface area contributed by atoms with E-state index in [1.165, 1.54) is 4.90 Å². The van der Waals surface area contributed by atoms with Gasteiger partial charge in [0.2, 0.25) is 0 Å². The summed E-state index contributed by atoms with van der Waals surface area (Å²) in [5.74, 6) is 0.125. The minimum atomic E-state index is -0.408. The highest BCUT2D eigenvalue weighted by molar-refractivity contribution is 5.95. The van der Waals surface area contributed by atoms with Crippen molar-refractivity contribution in [1.29, 1.82) is 0 Å². The third-order valence-corrected chi connectivity index (χ3v) is 3.14. The van der Waals surface area contributed by atoms with Crippen LogP contribution in [0.3, 0.4) is 0 Å². The first kappa shape index (κ1) is 18.0. The molecule has 0 aliphatic carbocycles. The van der Waals surface area contributed by atoms with E-state index in [0.717, 1.165) is 25.0 Å². The van der Waals surface area contributed by atoms with Crippen molar-refractivity contribution in [2.24, 2.45) is 0 Å². The van der Waals surface area contributed by atoms with Gasteiger partial charge in [0.15, 0.2) is 0 Å². The highest BCUT2D eigenvalue weighted by Gasteiger charge is 2.15. The van der Waals surface area contributed by atoms with Gasteiger partial charge in [-0.2, -0.15) is 0 Å². The molecule has 5 nitrogen and oxygen atoms in total. The van der Waals surface area contributed by atoms with Crippen LogP contribution in [0.15, 0.2) is 24.3 Å². The maximum Gasteiger partial charge on any atom is 0.325 e. The lowest BCUT2D eigenvalue weighted by atomic mass is 10.2. The number of hydrogen-bond donors (Lipinski definition) is 0. The largest absolute Gasteiger partial charge is 0.494 e. The molecule has 0 saturated heterocycles. The van der Waals surface area contributed by atoms with Crippen LogP contribution in [-0.4, -0.2) is 43.6 Å². The zero-order valence-electron chi connectivity index (χ0n) is 13.6. The third kappa shape index (κ3) is 6.16. The monoisotopic (exact) mass is 307 g/mol. The predicted molar refractivity (Wildman–Crippen MR) is 85.1 cm³/mol. The van der Waals surface area contributed by atoms with E-state index in [2.05, 4.69) is 6.92 Å². The highest BCUT2D eigenvalue weighted by Crippen LogP contribution is 2.14. The van der Waals surface area contributed by atoms with E-state index >= 15 is 0 Å². The van der Waals surface area contributed by atoms with Gasteiger partial charge in [0.1, 0.15) is 12.3 Å². The van der Waals surface area contributed by atoms with E-state index in [1.54, 1.807) is 38.2 Å². The van der Waals surface area contributed by atoms with Crippen LogP contribution in [0.4, 0.5) is 0 Å². The zero-order valence-corrected chi connectivity index (χ0v) is 13.6. The van der Waals surface area contributed by atoms with Gasteiger partial charge in [0, 0.05) is 12.6 Å². The topological polar surface area (TPSA) is 55.8 Å². The first-order valence-corrected chi connectivity index (χ1v) is 7.72. The first-order chi connectivity index (χ1) is 10.6. The molecule has 0 atom stereocenters. The van der Waals surface area contributed by atoms with Crippen LogP contribution >= 0.6 is 0 Å². The van der Waals surface area contributed by atoms with Gasteiger partial charge in [-0.1, -0.05) is 19.8 Å². The van der Waals surface area contributed by atoms with E-state index in [1.807, 2.05) is 0 Å². The Labute approximate surface area is 132 Å². The van der Waals surface area contributed by atoms with E-state index in [0.29, 0.717) is 18.8 Å². The van der Waals surface area contributed by atoms with Crippen molar-refractivity contribution in [1.82, 2.24) is 4.90 Å². The number of likely N-dealkylation sites (N-methyl/N-ethyl adjacent to an activating group) is 1. The Kier molecular flexibility index (Phi) is 8.04. The van der Waals surface area contributed by atoms with Crippen molar-refractivity contribution in [2.45, 2.75) is 33.1 Å². The summed E-state index contributed by atoms with van der Waals surface area (Å²) in [6.45, 7) is 4.82. The molecule has 0 radical (unpaired) electrons. The average Bonchev–Trinajstić information content (AvgIpc) is 2.51. The lowest BCUT2D eigenvalue weighted by Crippen LogP contribution is -2.33. The number of benzene rings is 1. The van der Waals surface area contributed by atoms with E-state index in [4.69, 9.17) is 9.47 Å². The minimum absolute atomic E-state index is 0.0536. The van der Waals surface area contributed by atoms with Crippen LogP contribution in [0.1, 0.15) is 43.5 Å². The fourth-order valence-electron chi connectivity index (χ4n) is 1.93. The van der Waals surface area contributed by atoms with Crippen molar-refractivity contribution in [3.63, 3.8) is 0 Å². The SMILES string of the molecule is CCCCCOc1ccc(C(=O)N(C)CC(=O)OCC)cc1. The van der Waals surface area contributed by atoms with Crippen molar-refractivity contribution in [3.05, 3.63) is 29.8 Å². The molecule has 5 heteroatoms.